The van der Waals surface area contributed by atoms with Crippen LogP contribution in [0.25, 0.3) is 0 Å². The van der Waals surface area contributed by atoms with Crippen molar-refractivity contribution in [1.29, 1.82) is 0 Å². The fourth-order valence-electron chi connectivity index (χ4n) is 3.45. The lowest BCUT2D eigenvalue weighted by Gasteiger charge is -2.45. The molecule has 0 radical (unpaired) electrons. The summed E-state index contributed by atoms with van der Waals surface area (Å²) < 4.78 is 0. The van der Waals surface area contributed by atoms with Crippen LogP contribution in [0.4, 0.5) is 11.5 Å². The van der Waals surface area contributed by atoms with Crippen LogP contribution in [-0.2, 0) is 0 Å². The van der Waals surface area contributed by atoms with Crippen LogP contribution in [0.1, 0.15) is 38.2 Å². The first-order valence-electron chi connectivity index (χ1n) is 7.86. The van der Waals surface area contributed by atoms with Gasteiger partial charge < -0.3 is 10.2 Å². The molecule has 1 aromatic rings. The quantitative estimate of drug-likeness (QED) is 0.668. The molecule has 6 nitrogen and oxygen atoms in total. The van der Waals surface area contributed by atoms with Gasteiger partial charge in [0.2, 0.25) is 0 Å². The molecule has 1 saturated carbocycles. The summed E-state index contributed by atoms with van der Waals surface area (Å²) in [6.45, 7) is 4.98. The number of anilines is 1. The number of rotatable bonds is 5. The number of pyridine rings is 1. The molecule has 1 fully saturated rings. The Morgan fingerprint density at radius 2 is 2.27 bits per heavy atom. The van der Waals surface area contributed by atoms with Crippen LogP contribution in [0, 0.1) is 23.0 Å². The van der Waals surface area contributed by atoms with E-state index in [-0.39, 0.29) is 11.2 Å². The second-order valence-corrected chi connectivity index (χ2v) is 6.79. The first kappa shape index (κ1) is 16.7. The van der Waals surface area contributed by atoms with Crippen molar-refractivity contribution in [3.8, 4) is 0 Å². The molecule has 2 rings (SSSR count). The van der Waals surface area contributed by atoms with Crippen molar-refractivity contribution in [1.82, 2.24) is 9.88 Å². The molecule has 0 bridgehead atoms. The van der Waals surface area contributed by atoms with Gasteiger partial charge in [-0.1, -0.05) is 19.8 Å². The fourth-order valence-corrected chi connectivity index (χ4v) is 3.45. The Morgan fingerprint density at radius 3 is 2.82 bits per heavy atom. The zero-order valence-corrected chi connectivity index (χ0v) is 13.9. The molecule has 6 heteroatoms. The second kappa shape index (κ2) is 6.60. The van der Waals surface area contributed by atoms with Crippen molar-refractivity contribution in [2.45, 2.75) is 45.1 Å². The molecule has 1 aliphatic carbocycles. The van der Waals surface area contributed by atoms with Crippen molar-refractivity contribution in [2.24, 2.45) is 5.92 Å². The molecule has 0 aliphatic heterocycles. The zero-order chi connectivity index (χ0) is 16.3. The van der Waals surface area contributed by atoms with Crippen LogP contribution >= 0.6 is 0 Å². The largest absolute Gasteiger partial charge is 0.368 e. The number of likely N-dealkylation sites (N-methyl/N-ethyl adjacent to an activating group) is 1. The minimum atomic E-state index is -0.409. The van der Waals surface area contributed by atoms with E-state index in [2.05, 4.69) is 36.2 Å². The maximum atomic E-state index is 10.8. The number of hydrogen-bond acceptors (Lipinski definition) is 5. The van der Waals surface area contributed by atoms with Crippen molar-refractivity contribution >= 4 is 11.5 Å². The lowest BCUT2D eigenvalue weighted by atomic mass is 9.75. The van der Waals surface area contributed by atoms with Gasteiger partial charge >= 0.3 is 0 Å². The summed E-state index contributed by atoms with van der Waals surface area (Å²) in [5, 5.41) is 14.2. The molecular formula is C16H26N4O2. The number of nitrogens with zero attached hydrogens (tertiary/aromatic N) is 3. The highest BCUT2D eigenvalue weighted by molar-refractivity contribution is 5.48. The highest BCUT2D eigenvalue weighted by Gasteiger charge is 2.36. The van der Waals surface area contributed by atoms with E-state index in [9.17, 15) is 10.1 Å². The third-order valence-corrected chi connectivity index (χ3v) is 4.88. The third kappa shape index (κ3) is 3.55. The van der Waals surface area contributed by atoms with Gasteiger partial charge in [-0.3, -0.25) is 10.1 Å². The molecule has 0 aromatic carbocycles. The van der Waals surface area contributed by atoms with Crippen LogP contribution in [-0.4, -0.2) is 41.0 Å². The van der Waals surface area contributed by atoms with E-state index in [1.165, 1.54) is 31.9 Å². The number of hydrogen-bond donors (Lipinski definition) is 1. The first-order valence-corrected chi connectivity index (χ1v) is 7.86. The first-order chi connectivity index (χ1) is 10.3. The predicted molar refractivity (Wildman–Crippen MR) is 88.2 cm³/mol. The summed E-state index contributed by atoms with van der Waals surface area (Å²) in [5.41, 5.74) is 0.983. The average molecular weight is 306 g/mol. The van der Waals surface area contributed by atoms with Gasteiger partial charge in [-0.05, 0) is 45.3 Å². The topological polar surface area (TPSA) is 71.3 Å². The Balaban J connectivity index is 2.11. The van der Waals surface area contributed by atoms with Gasteiger partial charge in [-0.25, -0.2) is 4.98 Å². The van der Waals surface area contributed by atoms with E-state index < -0.39 is 4.92 Å². The van der Waals surface area contributed by atoms with Crippen LogP contribution in [0.5, 0.6) is 0 Å². The maximum absolute atomic E-state index is 10.8. The Bertz CT molecular complexity index is 547. The minimum Gasteiger partial charge on any atom is -0.368 e. The van der Waals surface area contributed by atoms with E-state index in [4.69, 9.17) is 0 Å². The monoisotopic (exact) mass is 306 g/mol. The minimum absolute atomic E-state index is 0.0386. The standard InChI is InChI=1S/C16H26N4O2/c1-12-6-5-7-16(9-12,19(3)4)11-18-15-13(2)8-14(10-17-15)20(21)22/h8,10,12H,5-7,9,11H2,1-4H3,(H,17,18). The van der Waals surface area contributed by atoms with Gasteiger partial charge in [-0.2, -0.15) is 0 Å². The molecule has 1 aromatic heterocycles. The van der Waals surface area contributed by atoms with Crippen molar-refractivity contribution in [3.63, 3.8) is 0 Å². The lowest BCUT2D eigenvalue weighted by Crippen LogP contribution is -2.52. The Morgan fingerprint density at radius 1 is 1.55 bits per heavy atom. The molecule has 122 valence electrons. The van der Waals surface area contributed by atoms with Gasteiger partial charge in [0.25, 0.3) is 5.69 Å². The van der Waals surface area contributed by atoms with E-state index in [0.29, 0.717) is 0 Å². The summed E-state index contributed by atoms with van der Waals surface area (Å²) >= 11 is 0. The summed E-state index contributed by atoms with van der Waals surface area (Å²) in [6, 6.07) is 1.57. The Hall–Kier alpha value is -1.69. The molecular weight excluding hydrogens is 280 g/mol. The summed E-state index contributed by atoms with van der Waals surface area (Å²) in [6.07, 6.45) is 6.20. The predicted octanol–water partition coefficient (Wildman–Crippen LogP) is 3.22. The molecule has 2 atom stereocenters. The van der Waals surface area contributed by atoms with Gasteiger partial charge in [-0.15, -0.1) is 0 Å². The SMILES string of the molecule is Cc1cc([N+](=O)[O-])cnc1NCC1(N(C)C)CCCC(C)C1. The smallest absolute Gasteiger partial charge is 0.287 e. The van der Waals surface area contributed by atoms with E-state index in [0.717, 1.165) is 23.8 Å². The van der Waals surface area contributed by atoms with Gasteiger partial charge in [0.1, 0.15) is 12.0 Å². The molecule has 1 N–H and O–H groups in total. The van der Waals surface area contributed by atoms with Gasteiger partial charge in [0.15, 0.2) is 0 Å². The Labute approximate surface area is 132 Å². The molecule has 1 aliphatic rings. The van der Waals surface area contributed by atoms with E-state index >= 15 is 0 Å². The van der Waals surface area contributed by atoms with Gasteiger partial charge in [0, 0.05) is 18.2 Å². The van der Waals surface area contributed by atoms with Gasteiger partial charge in [0.05, 0.1) is 4.92 Å². The molecule has 0 amide bonds. The van der Waals surface area contributed by atoms with E-state index in [1.54, 1.807) is 6.07 Å². The number of nitro groups is 1. The summed E-state index contributed by atoms with van der Waals surface area (Å²) in [4.78, 5) is 16.9. The van der Waals surface area contributed by atoms with Crippen LogP contribution < -0.4 is 5.32 Å². The zero-order valence-electron chi connectivity index (χ0n) is 13.9. The van der Waals surface area contributed by atoms with Crippen LogP contribution in [0.3, 0.4) is 0 Å². The van der Waals surface area contributed by atoms with Crippen LogP contribution in [0.2, 0.25) is 0 Å². The molecule has 0 saturated heterocycles. The number of aryl methyl sites for hydroxylation is 1. The maximum Gasteiger partial charge on any atom is 0.287 e. The number of aromatic nitrogens is 1. The van der Waals surface area contributed by atoms with Crippen molar-refractivity contribution < 1.29 is 4.92 Å². The third-order valence-electron chi connectivity index (χ3n) is 4.88. The molecule has 22 heavy (non-hydrogen) atoms. The fraction of sp³-hybridized carbons (Fsp3) is 0.688. The second-order valence-electron chi connectivity index (χ2n) is 6.79. The summed E-state index contributed by atoms with van der Waals surface area (Å²) in [5.74, 6) is 1.47. The van der Waals surface area contributed by atoms with E-state index in [1.807, 2.05) is 6.92 Å². The number of nitrogens with one attached hydrogen (secondary N) is 1. The van der Waals surface area contributed by atoms with Crippen molar-refractivity contribution in [2.75, 3.05) is 26.0 Å². The Kier molecular flexibility index (Phi) is 5.01. The van der Waals surface area contributed by atoms with Crippen molar-refractivity contribution in [3.05, 3.63) is 27.9 Å². The molecule has 1 heterocycles. The summed E-state index contributed by atoms with van der Waals surface area (Å²) in [7, 11) is 4.27. The highest BCUT2D eigenvalue weighted by atomic mass is 16.6. The average Bonchev–Trinajstić information content (AvgIpc) is 2.45. The molecule has 2 unspecified atom stereocenters. The highest BCUT2D eigenvalue weighted by Crippen LogP contribution is 2.36. The normalized spacial score (nSPS) is 25.2. The van der Waals surface area contributed by atoms with Crippen LogP contribution in [0.15, 0.2) is 12.3 Å². The lowest BCUT2D eigenvalue weighted by molar-refractivity contribution is -0.385. The molecule has 0 spiro atoms.